The van der Waals surface area contributed by atoms with Gasteiger partial charge in [0.25, 0.3) is 0 Å². The molecular formula is C17H18N2O4. The predicted molar refractivity (Wildman–Crippen MR) is 86.0 cm³/mol. The average Bonchev–Trinajstić information content (AvgIpc) is 2.60. The standard InChI is InChI=1S/C17H18N2O4/c1-12(19-23-17(20)14-6-8-18-9-7-14)10-13-4-5-15(21-2)16(11-13)22-3/h4-9,11H,10H2,1-3H3/b19-12+. The zero-order chi connectivity index (χ0) is 16.7. The van der Waals surface area contributed by atoms with Gasteiger partial charge >= 0.3 is 5.97 Å². The van der Waals surface area contributed by atoms with E-state index in [1.54, 1.807) is 33.3 Å². The molecule has 1 aromatic carbocycles. The van der Waals surface area contributed by atoms with E-state index in [1.165, 1.54) is 12.4 Å². The molecule has 0 aliphatic heterocycles. The van der Waals surface area contributed by atoms with E-state index >= 15 is 0 Å². The van der Waals surface area contributed by atoms with E-state index in [4.69, 9.17) is 14.3 Å². The van der Waals surface area contributed by atoms with Crippen molar-refractivity contribution in [1.82, 2.24) is 4.98 Å². The van der Waals surface area contributed by atoms with Gasteiger partial charge in [0.05, 0.1) is 25.5 Å². The molecule has 0 fully saturated rings. The number of benzene rings is 1. The fourth-order valence-corrected chi connectivity index (χ4v) is 1.98. The van der Waals surface area contributed by atoms with Crippen molar-refractivity contribution in [1.29, 1.82) is 0 Å². The molecule has 2 aromatic rings. The van der Waals surface area contributed by atoms with E-state index in [2.05, 4.69) is 10.1 Å². The van der Waals surface area contributed by atoms with E-state index in [0.29, 0.717) is 29.2 Å². The number of hydrogen-bond acceptors (Lipinski definition) is 6. The summed E-state index contributed by atoms with van der Waals surface area (Å²) in [6.07, 6.45) is 3.58. The molecule has 0 atom stereocenters. The first-order valence-electron chi connectivity index (χ1n) is 6.99. The number of pyridine rings is 1. The Labute approximate surface area is 134 Å². The fourth-order valence-electron chi connectivity index (χ4n) is 1.98. The van der Waals surface area contributed by atoms with Crippen molar-refractivity contribution < 1.29 is 19.1 Å². The van der Waals surface area contributed by atoms with Gasteiger partial charge < -0.3 is 14.3 Å². The maximum atomic E-state index is 11.8. The molecule has 0 amide bonds. The van der Waals surface area contributed by atoms with Crippen LogP contribution in [0.3, 0.4) is 0 Å². The van der Waals surface area contributed by atoms with E-state index in [0.717, 1.165) is 5.56 Å². The van der Waals surface area contributed by atoms with Crippen LogP contribution in [0, 0.1) is 0 Å². The zero-order valence-electron chi connectivity index (χ0n) is 13.3. The number of methoxy groups -OCH3 is 2. The molecule has 2 rings (SSSR count). The minimum absolute atomic E-state index is 0.405. The van der Waals surface area contributed by atoms with Crippen molar-refractivity contribution in [3.05, 3.63) is 53.9 Å². The summed E-state index contributed by atoms with van der Waals surface area (Å²) in [5, 5.41) is 3.87. The number of rotatable bonds is 6. The summed E-state index contributed by atoms with van der Waals surface area (Å²) in [6.45, 7) is 1.79. The summed E-state index contributed by atoms with van der Waals surface area (Å²) in [6, 6.07) is 8.74. The van der Waals surface area contributed by atoms with Crippen molar-refractivity contribution in [2.24, 2.45) is 5.16 Å². The highest BCUT2D eigenvalue weighted by molar-refractivity contribution is 5.90. The average molecular weight is 314 g/mol. The third-order valence-electron chi connectivity index (χ3n) is 3.11. The lowest BCUT2D eigenvalue weighted by molar-refractivity contribution is 0.0515. The number of nitrogens with zero attached hydrogens (tertiary/aromatic N) is 2. The molecule has 0 radical (unpaired) electrons. The van der Waals surface area contributed by atoms with Gasteiger partial charge in [0.2, 0.25) is 0 Å². The summed E-state index contributed by atoms with van der Waals surface area (Å²) < 4.78 is 10.5. The molecule has 0 unspecified atom stereocenters. The van der Waals surface area contributed by atoms with Crippen molar-refractivity contribution >= 4 is 11.7 Å². The Kier molecular flexibility index (Phi) is 5.68. The van der Waals surface area contributed by atoms with Gasteiger partial charge in [-0.2, -0.15) is 0 Å². The normalized spacial score (nSPS) is 11.0. The third-order valence-corrected chi connectivity index (χ3v) is 3.11. The monoisotopic (exact) mass is 314 g/mol. The summed E-state index contributed by atoms with van der Waals surface area (Å²) in [7, 11) is 3.17. The Morgan fingerprint density at radius 1 is 1.09 bits per heavy atom. The van der Waals surface area contributed by atoms with Gasteiger partial charge in [-0.15, -0.1) is 0 Å². The molecule has 0 bridgehead atoms. The number of aromatic nitrogens is 1. The minimum Gasteiger partial charge on any atom is -0.493 e. The highest BCUT2D eigenvalue weighted by Crippen LogP contribution is 2.27. The smallest absolute Gasteiger partial charge is 0.365 e. The Morgan fingerprint density at radius 2 is 1.78 bits per heavy atom. The number of oxime groups is 1. The van der Waals surface area contributed by atoms with Crippen LogP contribution in [0.2, 0.25) is 0 Å². The summed E-state index contributed by atoms with van der Waals surface area (Å²) in [5.74, 6) is 0.792. The molecule has 0 N–H and O–H groups in total. The maximum absolute atomic E-state index is 11.8. The van der Waals surface area contributed by atoms with Gasteiger partial charge in [-0.1, -0.05) is 11.2 Å². The second kappa shape index (κ2) is 7.93. The lowest BCUT2D eigenvalue weighted by atomic mass is 10.1. The van der Waals surface area contributed by atoms with Crippen LogP contribution < -0.4 is 9.47 Å². The second-order valence-corrected chi connectivity index (χ2v) is 4.81. The first-order chi connectivity index (χ1) is 11.1. The Morgan fingerprint density at radius 3 is 2.43 bits per heavy atom. The SMILES string of the molecule is COc1ccc(C/C(C)=N/OC(=O)c2ccncc2)cc1OC. The number of carbonyl (C=O) groups excluding carboxylic acids is 1. The summed E-state index contributed by atoms with van der Waals surface area (Å²) >= 11 is 0. The maximum Gasteiger partial charge on any atom is 0.365 e. The third kappa shape index (κ3) is 4.54. The molecule has 0 spiro atoms. The molecule has 0 aliphatic carbocycles. The first-order valence-corrected chi connectivity index (χ1v) is 6.99. The number of ether oxygens (including phenoxy) is 2. The molecule has 0 saturated heterocycles. The highest BCUT2D eigenvalue weighted by Gasteiger charge is 2.08. The van der Waals surface area contributed by atoms with E-state index < -0.39 is 5.97 Å². The molecule has 0 aliphatic rings. The Balaban J connectivity index is 2.01. The van der Waals surface area contributed by atoms with Crippen LogP contribution >= 0.6 is 0 Å². The van der Waals surface area contributed by atoms with Gasteiger partial charge in [-0.05, 0) is 36.8 Å². The summed E-state index contributed by atoms with van der Waals surface area (Å²) in [5.41, 5.74) is 2.05. The predicted octanol–water partition coefficient (Wildman–Crippen LogP) is 2.87. The first kappa shape index (κ1) is 16.5. The van der Waals surface area contributed by atoms with Gasteiger partial charge in [0.15, 0.2) is 11.5 Å². The Hall–Kier alpha value is -2.89. The summed E-state index contributed by atoms with van der Waals surface area (Å²) in [4.78, 5) is 20.6. The van der Waals surface area contributed by atoms with Gasteiger partial charge in [0, 0.05) is 18.8 Å². The van der Waals surface area contributed by atoms with E-state index in [1.807, 2.05) is 18.2 Å². The van der Waals surface area contributed by atoms with Gasteiger partial charge in [-0.25, -0.2) is 4.79 Å². The van der Waals surface area contributed by atoms with Gasteiger partial charge in [0.1, 0.15) is 0 Å². The highest BCUT2D eigenvalue weighted by atomic mass is 16.7. The minimum atomic E-state index is -0.515. The van der Waals surface area contributed by atoms with Crippen molar-refractivity contribution in [3.63, 3.8) is 0 Å². The molecule has 0 saturated carbocycles. The van der Waals surface area contributed by atoms with Crippen LogP contribution in [0.1, 0.15) is 22.8 Å². The topological polar surface area (TPSA) is 70.0 Å². The molecular weight excluding hydrogens is 296 g/mol. The Bertz CT molecular complexity index is 699. The van der Waals surface area contributed by atoms with Crippen LogP contribution in [0.4, 0.5) is 0 Å². The van der Waals surface area contributed by atoms with E-state index in [9.17, 15) is 4.79 Å². The molecule has 6 nitrogen and oxygen atoms in total. The quantitative estimate of drug-likeness (QED) is 0.466. The van der Waals surface area contributed by atoms with Crippen molar-refractivity contribution in [2.75, 3.05) is 14.2 Å². The van der Waals surface area contributed by atoms with Crippen molar-refractivity contribution in [2.45, 2.75) is 13.3 Å². The molecule has 23 heavy (non-hydrogen) atoms. The lowest BCUT2D eigenvalue weighted by Crippen LogP contribution is -2.05. The van der Waals surface area contributed by atoms with Gasteiger partial charge in [-0.3, -0.25) is 4.98 Å². The van der Waals surface area contributed by atoms with E-state index in [-0.39, 0.29) is 0 Å². The fraction of sp³-hybridized carbons (Fsp3) is 0.235. The second-order valence-electron chi connectivity index (χ2n) is 4.81. The van der Waals surface area contributed by atoms with Crippen LogP contribution in [-0.4, -0.2) is 30.9 Å². The lowest BCUT2D eigenvalue weighted by Gasteiger charge is -2.09. The number of carbonyl (C=O) groups is 1. The molecule has 1 aromatic heterocycles. The molecule has 1 heterocycles. The molecule has 120 valence electrons. The van der Waals surface area contributed by atoms with Crippen LogP contribution in [0.5, 0.6) is 11.5 Å². The van der Waals surface area contributed by atoms with Crippen molar-refractivity contribution in [3.8, 4) is 11.5 Å². The number of hydrogen-bond donors (Lipinski definition) is 0. The van der Waals surface area contributed by atoms with Crippen LogP contribution in [-0.2, 0) is 11.3 Å². The van der Waals surface area contributed by atoms with Crippen LogP contribution in [0.15, 0.2) is 47.9 Å². The molecule has 6 heteroatoms. The largest absolute Gasteiger partial charge is 0.493 e. The van der Waals surface area contributed by atoms with Crippen LogP contribution in [0.25, 0.3) is 0 Å². The zero-order valence-corrected chi connectivity index (χ0v) is 13.3.